The SMILES string of the molecule is CCC(CC)CN(CC)c1n[nH]c(=S)n1C(C)C. The first-order valence-electron chi connectivity index (χ1n) is 6.96. The van der Waals surface area contributed by atoms with Gasteiger partial charge in [0.15, 0.2) is 4.77 Å². The molecule has 104 valence electrons. The van der Waals surface area contributed by atoms with Gasteiger partial charge in [-0.05, 0) is 38.9 Å². The zero-order chi connectivity index (χ0) is 13.7. The van der Waals surface area contributed by atoms with Crippen molar-refractivity contribution in [2.75, 3.05) is 18.0 Å². The Labute approximate surface area is 115 Å². The Hall–Kier alpha value is -0.840. The van der Waals surface area contributed by atoms with Crippen LogP contribution in [0.1, 0.15) is 53.5 Å². The summed E-state index contributed by atoms with van der Waals surface area (Å²) >= 11 is 5.30. The highest BCUT2D eigenvalue weighted by molar-refractivity contribution is 7.71. The van der Waals surface area contributed by atoms with Crippen LogP contribution in [0.3, 0.4) is 0 Å². The number of nitrogens with one attached hydrogen (secondary N) is 1. The number of hydrogen-bond donors (Lipinski definition) is 1. The molecule has 18 heavy (non-hydrogen) atoms. The summed E-state index contributed by atoms with van der Waals surface area (Å²) in [6.07, 6.45) is 2.42. The number of H-pyrrole nitrogens is 1. The molecule has 0 aliphatic carbocycles. The Bertz CT molecular complexity index is 403. The monoisotopic (exact) mass is 270 g/mol. The molecule has 0 unspecified atom stereocenters. The summed E-state index contributed by atoms with van der Waals surface area (Å²) in [5.74, 6) is 1.69. The van der Waals surface area contributed by atoms with Gasteiger partial charge in [-0.1, -0.05) is 26.7 Å². The van der Waals surface area contributed by atoms with E-state index in [0.717, 1.165) is 25.0 Å². The van der Waals surface area contributed by atoms with Crippen LogP contribution in [0.5, 0.6) is 0 Å². The fraction of sp³-hybridized carbons (Fsp3) is 0.846. The summed E-state index contributed by atoms with van der Waals surface area (Å²) < 4.78 is 2.81. The molecule has 0 saturated heterocycles. The Morgan fingerprint density at radius 2 is 1.89 bits per heavy atom. The molecule has 1 heterocycles. The summed E-state index contributed by atoms with van der Waals surface area (Å²) in [5.41, 5.74) is 0. The van der Waals surface area contributed by atoms with Gasteiger partial charge in [-0.25, -0.2) is 5.10 Å². The van der Waals surface area contributed by atoms with E-state index in [1.54, 1.807) is 0 Å². The van der Waals surface area contributed by atoms with Crippen molar-refractivity contribution in [2.45, 2.75) is 53.5 Å². The number of anilines is 1. The molecule has 0 aliphatic heterocycles. The van der Waals surface area contributed by atoms with E-state index in [1.807, 2.05) is 0 Å². The van der Waals surface area contributed by atoms with Crippen molar-refractivity contribution in [2.24, 2.45) is 5.92 Å². The Morgan fingerprint density at radius 1 is 1.28 bits per heavy atom. The van der Waals surface area contributed by atoms with Crippen molar-refractivity contribution in [3.8, 4) is 0 Å². The molecule has 0 aromatic carbocycles. The van der Waals surface area contributed by atoms with Crippen molar-refractivity contribution in [1.29, 1.82) is 0 Å². The maximum atomic E-state index is 5.30. The van der Waals surface area contributed by atoms with Crippen LogP contribution in [0.15, 0.2) is 0 Å². The number of aromatic nitrogens is 3. The van der Waals surface area contributed by atoms with Crippen molar-refractivity contribution in [3.63, 3.8) is 0 Å². The zero-order valence-electron chi connectivity index (χ0n) is 12.2. The molecule has 0 amide bonds. The Morgan fingerprint density at radius 3 is 2.33 bits per heavy atom. The van der Waals surface area contributed by atoms with E-state index in [-0.39, 0.29) is 0 Å². The quantitative estimate of drug-likeness (QED) is 0.766. The summed E-state index contributed by atoms with van der Waals surface area (Å²) in [7, 11) is 0. The van der Waals surface area contributed by atoms with Gasteiger partial charge in [-0.3, -0.25) is 4.57 Å². The normalized spacial score (nSPS) is 11.5. The lowest BCUT2D eigenvalue weighted by molar-refractivity contribution is 0.474. The molecule has 0 atom stereocenters. The summed E-state index contributed by atoms with van der Waals surface area (Å²) in [6, 6.07) is 0.335. The van der Waals surface area contributed by atoms with Crippen LogP contribution in [0.4, 0.5) is 5.95 Å². The van der Waals surface area contributed by atoms with Crippen LogP contribution in [0, 0.1) is 10.7 Å². The first kappa shape index (κ1) is 15.2. The number of nitrogens with zero attached hydrogens (tertiary/aromatic N) is 3. The van der Waals surface area contributed by atoms with E-state index in [0.29, 0.717) is 10.8 Å². The third kappa shape index (κ3) is 3.34. The summed E-state index contributed by atoms with van der Waals surface area (Å²) in [6.45, 7) is 13.0. The highest BCUT2D eigenvalue weighted by Crippen LogP contribution is 2.20. The van der Waals surface area contributed by atoms with Crippen molar-refractivity contribution in [1.82, 2.24) is 14.8 Å². The largest absolute Gasteiger partial charge is 0.341 e. The van der Waals surface area contributed by atoms with Gasteiger partial charge in [0.05, 0.1) is 0 Å². The lowest BCUT2D eigenvalue weighted by atomic mass is 10.0. The molecule has 0 saturated carbocycles. The van der Waals surface area contributed by atoms with Gasteiger partial charge >= 0.3 is 0 Å². The lowest BCUT2D eigenvalue weighted by Crippen LogP contribution is -2.31. The smallest absolute Gasteiger partial charge is 0.225 e. The fourth-order valence-corrected chi connectivity index (χ4v) is 2.53. The first-order chi connectivity index (χ1) is 8.54. The second-order valence-electron chi connectivity index (χ2n) is 5.01. The molecule has 0 spiro atoms. The standard InChI is InChI=1S/C13H26N4S/c1-6-11(7-2)9-16(8-3)12-14-15-13(18)17(12)10(4)5/h10-11H,6-9H2,1-5H3,(H,15,18). The van der Waals surface area contributed by atoms with E-state index in [2.05, 4.69) is 54.3 Å². The molecular weight excluding hydrogens is 244 g/mol. The van der Waals surface area contributed by atoms with E-state index in [9.17, 15) is 0 Å². The Kier molecular flexibility index (Phi) is 5.85. The third-order valence-corrected chi connectivity index (χ3v) is 3.79. The van der Waals surface area contributed by atoms with Crippen LogP contribution in [-0.4, -0.2) is 27.9 Å². The van der Waals surface area contributed by atoms with Gasteiger partial charge in [0, 0.05) is 19.1 Å². The maximum Gasteiger partial charge on any atom is 0.225 e. The van der Waals surface area contributed by atoms with Crippen LogP contribution in [0.2, 0.25) is 0 Å². The Balaban J connectivity index is 2.98. The van der Waals surface area contributed by atoms with Gasteiger partial charge < -0.3 is 4.90 Å². The minimum atomic E-state index is 0.335. The van der Waals surface area contributed by atoms with Crippen LogP contribution < -0.4 is 4.90 Å². The van der Waals surface area contributed by atoms with E-state index in [4.69, 9.17) is 12.2 Å². The fourth-order valence-electron chi connectivity index (χ4n) is 2.20. The van der Waals surface area contributed by atoms with Crippen LogP contribution in [0.25, 0.3) is 0 Å². The molecular formula is C13H26N4S. The predicted octanol–water partition coefficient (Wildman–Crippen LogP) is 3.78. The van der Waals surface area contributed by atoms with Crippen molar-refractivity contribution < 1.29 is 0 Å². The summed E-state index contributed by atoms with van der Waals surface area (Å²) in [5, 5.41) is 7.32. The lowest BCUT2D eigenvalue weighted by Gasteiger charge is -2.27. The highest BCUT2D eigenvalue weighted by atomic mass is 32.1. The number of hydrogen-bond acceptors (Lipinski definition) is 3. The molecule has 1 N–H and O–H groups in total. The van der Waals surface area contributed by atoms with Gasteiger partial charge in [0.25, 0.3) is 0 Å². The summed E-state index contributed by atoms with van der Waals surface area (Å²) in [4.78, 5) is 2.32. The molecule has 0 bridgehead atoms. The van der Waals surface area contributed by atoms with Crippen molar-refractivity contribution in [3.05, 3.63) is 4.77 Å². The van der Waals surface area contributed by atoms with Gasteiger partial charge in [0.2, 0.25) is 5.95 Å². The minimum absolute atomic E-state index is 0.335. The van der Waals surface area contributed by atoms with Gasteiger partial charge in [0.1, 0.15) is 0 Å². The van der Waals surface area contributed by atoms with E-state index >= 15 is 0 Å². The average Bonchev–Trinajstić information content (AvgIpc) is 2.73. The number of rotatable bonds is 7. The highest BCUT2D eigenvalue weighted by Gasteiger charge is 2.17. The maximum absolute atomic E-state index is 5.30. The van der Waals surface area contributed by atoms with E-state index < -0.39 is 0 Å². The molecule has 0 aliphatic rings. The van der Waals surface area contributed by atoms with Crippen LogP contribution >= 0.6 is 12.2 Å². The molecule has 0 radical (unpaired) electrons. The molecule has 1 rings (SSSR count). The number of aromatic amines is 1. The second-order valence-corrected chi connectivity index (χ2v) is 5.40. The molecule has 1 aromatic rings. The third-order valence-electron chi connectivity index (χ3n) is 3.50. The predicted molar refractivity (Wildman–Crippen MR) is 79.8 cm³/mol. The topological polar surface area (TPSA) is 36.9 Å². The zero-order valence-corrected chi connectivity index (χ0v) is 13.0. The molecule has 1 aromatic heterocycles. The second kappa shape index (κ2) is 6.92. The average molecular weight is 270 g/mol. The van der Waals surface area contributed by atoms with Crippen molar-refractivity contribution >= 4 is 18.2 Å². The van der Waals surface area contributed by atoms with Gasteiger partial charge in [-0.15, -0.1) is 5.10 Å². The minimum Gasteiger partial charge on any atom is -0.341 e. The molecule has 4 nitrogen and oxygen atoms in total. The van der Waals surface area contributed by atoms with Gasteiger partial charge in [-0.2, -0.15) is 0 Å². The van der Waals surface area contributed by atoms with Crippen LogP contribution in [-0.2, 0) is 0 Å². The molecule has 0 fully saturated rings. The molecule has 5 heteroatoms. The van der Waals surface area contributed by atoms with E-state index in [1.165, 1.54) is 12.8 Å². The first-order valence-corrected chi connectivity index (χ1v) is 7.37.